The van der Waals surface area contributed by atoms with Gasteiger partial charge in [-0.05, 0) is 35.4 Å². The van der Waals surface area contributed by atoms with Gasteiger partial charge in [0, 0.05) is 38.6 Å². The molecule has 0 bridgehead atoms. The summed E-state index contributed by atoms with van der Waals surface area (Å²) >= 11 is 0. The summed E-state index contributed by atoms with van der Waals surface area (Å²) in [6.45, 7) is 1.41. The number of nitrogens with zero attached hydrogens (tertiary/aromatic N) is 2. The third-order valence-corrected chi connectivity index (χ3v) is 5.19. The Balaban J connectivity index is 1.59. The highest BCUT2D eigenvalue weighted by Crippen LogP contribution is 2.32. The van der Waals surface area contributed by atoms with Gasteiger partial charge in [0.15, 0.2) is 5.54 Å². The second kappa shape index (κ2) is 7.64. The summed E-state index contributed by atoms with van der Waals surface area (Å²) in [5.41, 5.74) is 2.21. The van der Waals surface area contributed by atoms with Crippen molar-refractivity contribution >= 4 is 11.8 Å². The van der Waals surface area contributed by atoms with Gasteiger partial charge in [0.05, 0.1) is 6.61 Å². The fourth-order valence-corrected chi connectivity index (χ4v) is 3.70. The topological polar surface area (TPSA) is 71.4 Å². The van der Waals surface area contributed by atoms with E-state index in [0.29, 0.717) is 31.9 Å². The molecule has 2 aromatic carbocycles. The van der Waals surface area contributed by atoms with Crippen LogP contribution in [0.15, 0.2) is 53.5 Å². The Labute approximate surface area is 164 Å². The van der Waals surface area contributed by atoms with Crippen LogP contribution in [0, 0.1) is 0 Å². The molecule has 2 aliphatic heterocycles. The number of fused-ring (bicyclic) bond motifs is 1. The molecule has 0 saturated heterocycles. The number of benzene rings is 2. The van der Waals surface area contributed by atoms with E-state index in [9.17, 15) is 4.79 Å². The van der Waals surface area contributed by atoms with Crippen molar-refractivity contribution in [3.63, 3.8) is 0 Å². The number of hydrogen-bond donors (Lipinski definition) is 1. The SMILES string of the molecule is CN1Cc2ccccc2C[C@]2(COC(c3ccc(OCCCO)cc3)=N2)C1=O. The smallest absolute Gasteiger partial charge is 0.254 e. The predicted octanol–water partition coefficient (Wildman–Crippen LogP) is 2.18. The van der Waals surface area contributed by atoms with E-state index in [1.165, 1.54) is 0 Å². The highest BCUT2D eigenvalue weighted by molar-refractivity contribution is 6.00. The van der Waals surface area contributed by atoms with Crippen LogP contribution in [0.5, 0.6) is 5.75 Å². The van der Waals surface area contributed by atoms with E-state index in [0.717, 1.165) is 22.4 Å². The molecule has 1 N–H and O–H groups in total. The molecule has 6 heteroatoms. The predicted molar refractivity (Wildman–Crippen MR) is 105 cm³/mol. The molecular weight excluding hydrogens is 356 g/mol. The van der Waals surface area contributed by atoms with Crippen LogP contribution in [0.25, 0.3) is 0 Å². The minimum Gasteiger partial charge on any atom is -0.494 e. The molecule has 6 nitrogen and oxygen atoms in total. The second-order valence-corrected chi connectivity index (χ2v) is 7.29. The van der Waals surface area contributed by atoms with Crippen molar-refractivity contribution in [3.8, 4) is 5.75 Å². The lowest BCUT2D eigenvalue weighted by Gasteiger charge is -2.25. The summed E-state index contributed by atoms with van der Waals surface area (Å²) in [6, 6.07) is 15.6. The van der Waals surface area contributed by atoms with Gasteiger partial charge in [-0.2, -0.15) is 0 Å². The second-order valence-electron chi connectivity index (χ2n) is 7.29. The number of carbonyl (C=O) groups excluding carboxylic acids is 1. The number of ether oxygens (including phenoxy) is 2. The van der Waals surface area contributed by atoms with Crippen molar-refractivity contribution in [1.29, 1.82) is 0 Å². The molecule has 0 radical (unpaired) electrons. The fraction of sp³-hybridized carbons (Fsp3) is 0.364. The lowest BCUT2D eigenvalue weighted by molar-refractivity contribution is -0.136. The number of aliphatic imine (C=N–C) groups is 1. The first-order chi connectivity index (χ1) is 13.6. The van der Waals surface area contributed by atoms with Gasteiger partial charge in [-0.15, -0.1) is 0 Å². The van der Waals surface area contributed by atoms with Gasteiger partial charge in [-0.3, -0.25) is 4.79 Å². The van der Waals surface area contributed by atoms with E-state index >= 15 is 0 Å². The standard InChI is InChI=1S/C22H24N2O4/c1-24-14-18-6-3-2-5-17(18)13-22(21(24)26)15-28-20(23-22)16-7-9-19(10-8-16)27-12-4-11-25/h2-3,5-10,25H,4,11-15H2,1H3/t22-/m0/s1. The Morgan fingerprint density at radius 2 is 1.93 bits per heavy atom. The molecule has 2 aliphatic rings. The van der Waals surface area contributed by atoms with Gasteiger partial charge in [0.1, 0.15) is 12.4 Å². The summed E-state index contributed by atoms with van der Waals surface area (Å²) < 4.78 is 11.4. The van der Waals surface area contributed by atoms with Crippen molar-refractivity contribution in [3.05, 3.63) is 65.2 Å². The minimum absolute atomic E-state index is 0.0114. The third kappa shape index (κ3) is 3.47. The van der Waals surface area contributed by atoms with E-state index in [4.69, 9.17) is 19.6 Å². The maximum absolute atomic E-state index is 13.1. The zero-order valence-corrected chi connectivity index (χ0v) is 15.9. The average molecular weight is 380 g/mol. The lowest BCUT2D eigenvalue weighted by Crippen LogP contribution is -2.47. The average Bonchev–Trinajstić information content (AvgIpc) is 3.10. The van der Waals surface area contributed by atoms with Gasteiger partial charge in [0.25, 0.3) is 5.91 Å². The molecule has 0 fully saturated rings. The fourth-order valence-electron chi connectivity index (χ4n) is 3.70. The van der Waals surface area contributed by atoms with Crippen LogP contribution in [0.4, 0.5) is 0 Å². The van der Waals surface area contributed by atoms with Crippen LogP contribution in [-0.2, 0) is 22.5 Å². The summed E-state index contributed by atoms with van der Waals surface area (Å²) in [6.07, 6.45) is 1.13. The molecule has 1 atom stereocenters. The molecule has 0 unspecified atom stereocenters. The molecule has 2 heterocycles. The Hall–Kier alpha value is -2.86. The molecule has 1 spiro atoms. The number of likely N-dealkylation sites (N-methyl/N-ethyl adjacent to an activating group) is 1. The molecule has 4 rings (SSSR count). The monoisotopic (exact) mass is 380 g/mol. The normalized spacial score (nSPS) is 21.1. The Bertz CT molecular complexity index is 894. The van der Waals surface area contributed by atoms with Crippen LogP contribution >= 0.6 is 0 Å². The van der Waals surface area contributed by atoms with Crippen LogP contribution < -0.4 is 4.74 Å². The van der Waals surface area contributed by atoms with E-state index in [2.05, 4.69) is 12.1 Å². The highest BCUT2D eigenvalue weighted by atomic mass is 16.5. The van der Waals surface area contributed by atoms with Gasteiger partial charge >= 0.3 is 0 Å². The van der Waals surface area contributed by atoms with Crippen LogP contribution in [0.3, 0.4) is 0 Å². The Morgan fingerprint density at radius 1 is 1.18 bits per heavy atom. The highest BCUT2D eigenvalue weighted by Gasteiger charge is 2.47. The Kier molecular flexibility index (Phi) is 5.05. The van der Waals surface area contributed by atoms with E-state index in [1.807, 2.05) is 43.4 Å². The van der Waals surface area contributed by atoms with Crippen molar-refractivity contribution in [2.45, 2.75) is 24.9 Å². The maximum atomic E-state index is 13.1. The molecule has 146 valence electrons. The lowest BCUT2D eigenvalue weighted by atomic mass is 9.91. The first-order valence-corrected chi connectivity index (χ1v) is 9.50. The van der Waals surface area contributed by atoms with Crippen molar-refractivity contribution in [2.24, 2.45) is 4.99 Å². The van der Waals surface area contributed by atoms with Gasteiger partial charge in [-0.25, -0.2) is 4.99 Å². The van der Waals surface area contributed by atoms with Gasteiger partial charge < -0.3 is 19.5 Å². The zero-order chi connectivity index (χ0) is 19.6. The molecule has 0 aliphatic carbocycles. The molecule has 0 aromatic heterocycles. The number of carbonyl (C=O) groups is 1. The van der Waals surface area contributed by atoms with E-state index in [1.54, 1.807) is 4.90 Å². The van der Waals surface area contributed by atoms with Crippen molar-refractivity contribution in [1.82, 2.24) is 4.90 Å². The summed E-state index contributed by atoms with van der Waals surface area (Å²) in [4.78, 5) is 19.6. The third-order valence-electron chi connectivity index (χ3n) is 5.19. The number of aliphatic hydroxyl groups is 1. The summed E-state index contributed by atoms with van der Waals surface area (Å²) in [5.74, 6) is 1.20. The zero-order valence-electron chi connectivity index (χ0n) is 15.9. The molecule has 1 amide bonds. The molecule has 0 saturated carbocycles. The molecular formula is C22H24N2O4. The van der Waals surface area contributed by atoms with Crippen molar-refractivity contribution < 1.29 is 19.4 Å². The first kappa shape index (κ1) is 18.5. The van der Waals surface area contributed by atoms with Crippen LogP contribution in [0.1, 0.15) is 23.1 Å². The number of aliphatic hydroxyl groups excluding tert-OH is 1. The van der Waals surface area contributed by atoms with Crippen LogP contribution in [0.2, 0.25) is 0 Å². The van der Waals surface area contributed by atoms with E-state index < -0.39 is 5.54 Å². The molecule has 28 heavy (non-hydrogen) atoms. The summed E-state index contributed by atoms with van der Waals surface area (Å²) in [7, 11) is 1.82. The number of rotatable bonds is 5. The minimum atomic E-state index is -0.910. The number of hydrogen-bond acceptors (Lipinski definition) is 5. The first-order valence-electron chi connectivity index (χ1n) is 9.50. The maximum Gasteiger partial charge on any atom is 0.254 e. The van der Waals surface area contributed by atoms with Gasteiger partial charge in [0.2, 0.25) is 5.90 Å². The van der Waals surface area contributed by atoms with Crippen molar-refractivity contribution in [2.75, 3.05) is 26.9 Å². The van der Waals surface area contributed by atoms with E-state index in [-0.39, 0.29) is 19.1 Å². The molecule has 2 aromatic rings. The van der Waals surface area contributed by atoms with Crippen LogP contribution in [-0.4, -0.2) is 54.2 Å². The quantitative estimate of drug-likeness (QED) is 0.807. The van der Waals surface area contributed by atoms with Gasteiger partial charge in [-0.1, -0.05) is 24.3 Å². The Morgan fingerprint density at radius 3 is 2.68 bits per heavy atom. The number of amides is 1. The summed E-state index contributed by atoms with van der Waals surface area (Å²) in [5, 5.41) is 8.83. The largest absolute Gasteiger partial charge is 0.494 e.